The molecule has 1 saturated heterocycles. The van der Waals surface area contributed by atoms with Crippen molar-refractivity contribution in [3.05, 3.63) is 40.5 Å². The number of hydrogen-bond donors (Lipinski definition) is 1. The molecule has 33 heavy (non-hydrogen) atoms. The predicted molar refractivity (Wildman–Crippen MR) is 124 cm³/mol. The van der Waals surface area contributed by atoms with Crippen molar-refractivity contribution in [1.29, 1.82) is 0 Å². The van der Waals surface area contributed by atoms with Crippen LogP contribution in [0.25, 0.3) is 5.57 Å². The van der Waals surface area contributed by atoms with Gasteiger partial charge in [0.05, 0.1) is 5.92 Å². The molecule has 7 heteroatoms. The summed E-state index contributed by atoms with van der Waals surface area (Å²) in [5, 5.41) is 9.67. The van der Waals surface area contributed by atoms with Crippen molar-refractivity contribution in [2.75, 3.05) is 13.6 Å². The zero-order chi connectivity index (χ0) is 23.9. The van der Waals surface area contributed by atoms with E-state index in [1.807, 2.05) is 18.2 Å². The molecule has 0 saturated carbocycles. The average molecular weight is 453 g/mol. The van der Waals surface area contributed by atoms with Crippen molar-refractivity contribution in [1.82, 2.24) is 9.80 Å². The minimum Gasteiger partial charge on any atom is -0.481 e. The molecule has 0 radical (unpaired) electrons. The molecule has 0 unspecified atom stereocenters. The SMILES string of the molecule is CN1C(=O)N(CCC[C@@H](CC(=O)c2ccc3c(c2)CC2=C3CCCC2)C(=O)O)C(=O)C1(C)C. The first-order valence-corrected chi connectivity index (χ1v) is 11.8. The van der Waals surface area contributed by atoms with Crippen LogP contribution in [-0.2, 0) is 16.0 Å². The maximum atomic E-state index is 12.9. The van der Waals surface area contributed by atoms with Gasteiger partial charge in [0.15, 0.2) is 5.78 Å². The summed E-state index contributed by atoms with van der Waals surface area (Å²) in [4.78, 5) is 52.2. The van der Waals surface area contributed by atoms with Crippen LogP contribution in [0.4, 0.5) is 4.79 Å². The molecule has 176 valence electrons. The number of nitrogens with zero attached hydrogens (tertiary/aromatic N) is 2. The number of amides is 3. The standard InChI is InChI=1S/C26H32N2O5/c1-26(2)24(32)28(25(33)27(26)3)12-6-8-18(23(30)31)15-22(29)17-10-11-21-19(14-17)13-16-7-4-5-9-20(16)21/h10-11,14,18H,4-9,12-13,15H2,1-3H3,(H,30,31)/t18-/m0/s1. The van der Waals surface area contributed by atoms with Crippen LogP contribution in [0.2, 0.25) is 0 Å². The van der Waals surface area contributed by atoms with Crippen molar-refractivity contribution in [3.63, 3.8) is 0 Å². The number of allylic oxidation sites excluding steroid dienone is 2. The van der Waals surface area contributed by atoms with Crippen LogP contribution in [0.3, 0.4) is 0 Å². The number of carboxylic acids is 1. The fourth-order valence-electron chi connectivity index (χ4n) is 5.25. The largest absolute Gasteiger partial charge is 0.481 e. The third kappa shape index (κ3) is 4.21. The highest BCUT2D eigenvalue weighted by Crippen LogP contribution is 2.41. The van der Waals surface area contributed by atoms with Crippen LogP contribution in [0.15, 0.2) is 23.8 Å². The third-order valence-corrected chi connectivity index (χ3v) is 7.58. The van der Waals surface area contributed by atoms with Crippen molar-refractivity contribution < 1.29 is 24.3 Å². The second-order valence-electron chi connectivity index (χ2n) is 10.0. The molecular weight excluding hydrogens is 420 g/mol. The van der Waals surface area contributed by atoms with E-state index in [4.69, 9.17) is 0 Å². The number of carbonyl (C=O) groups excluding carboxylic acids is 3. The molecule has 3 amide bonds. The fraction of sp³-hybridized carbons (Fsp3) is 0.538. The Kier molecular flexibility index (Phi) is 6.16. The van der Waals surface area contributed by atoms with Gasteiger partial charge in [-0.1, -0.05) is 17.7 Å². The Morgan fingerprint density at radius 2 is 1.88 bits per heavy atom. The minimum atomic E-state index is -1.03. The number of imide groups is 1. The van der Waals surface area contributed by atoms with Crippen LogP contribution in [0.1, 0.15) is 80.3 Å². The topological polar surface area (TPSA) is 95.0 Å². The highest BCUT2D eigenvalue weighted by Gasteiger charge is 2.48. The molecule has 0 aromatic heterocycles. The molecule has 1 N–H and O–H groups in total. The van der Waals surface area contributed by atoms with Crippen LogP contribution >= 0.6 is 0 Å². The molecule has 1 aliphatic heterocycles. The van der Waals surface area contributed by atoms with Crippen molar-refractivity contribution >= 4 is 29.3 Å². The second kappa shape index (κ2) is 8.76. The lowest BCUT2D eigenvalue weighted by molar-refractivity contribution is -0.141. The quantitative estimate of drug-likeness (QED) is 0.469. The molecule has 7 nitrogen and oxygen atoms in total. The lowest BCUT2D eigenvalue weighted by Crippen LogP contribution is -2.41. The first-order chi connectivity index (χ1) is 15.6. The van der Waals surface area contributed by atoms with Gasteiger partial charge in [-0.2, -0.15) is 0 Å². The normalized spacial score (nSPS) is 20.2. The van der Waals surface area contributed by atoms with Gasteiger partial charge in [0, 0.05) is 25.6 Å². The van der Waals surface area contributed by atoms with Crippen molar-refractivity contribution in [2.45, 2.75) is 70.8 Å². The van der Waals surface area contributed by atoms with E-state index in [2.05, 4.69) is 0 Å². The number of urea groups is 1. The number of Topliss-reactive ketones (excluding diaryl/α,β-unsaturated/α-hetero) is 1. The number of benzene rings is 1. The number of hydrogen-bond acceptors (Lipinski definition) is 4. The Hall–Kier alpha value is -2.96. The zero-order valence-electron chi connectivity index (χ0n) is 19.6. The molecule has 1 heterocycles. The maximum Gasteiger partial charge on any atom is 0.327 e. The summed E-state index contributed by atoms with van der Waals surface area (Å²) < 4.78 is 0. The number of likely N-dealkylation sites (N-methyl/N-ethyl adjacent to an activating group) is 1. The molecule has 4 rings (SSSR count). The number of aliphatic carboxylic acids is 1. The van der Waals surface area contributed by atoms with Crippen LogP contribution in [-0.4, -0.2) is 57.7 Å². The Labute approximate surface area is 194 Å². The smallest absolute Gasteiger partial charge is 0.327 e. The van der Waals surface area contributed by atoms with Crippen LogP contribution < -0.4 is 0 Å². The summed E-state index contributed by atoms with van der Waals surface area (Å²) in [6.07, 6.45) is 6.04. The number of carbonyl (C=O) groups is 4. The zero-order valence-corrected chi connectivity index (χ0v) is 19.6. The minimum absolute atomic E-state index is 0.0887. The lowest BCUT2D eigenvalue weighted by atomic mass is 9.91. The molecule has 1 fully saturated rings. The number of rotatable bonds is 8. The van der Waals surface area contributed by atoms with Gasteiger partial charge < -0.3 is 10.0 Å². The van der Waals surface area contributed by atoms with Gasteiger partial charge in [-0.05, 0) is 81.6 Å². The van der Waals surface area contributed by atoms with Gasteiger partial charge in [-0.25, -0.2) is 4.79 Å². The predicted octanol–water partition coefficient (Wildman–Crippen LogP) is 4.30. The average Bonchev–Trinajstić information content (AvgIpc) is 3.22. The first-order valence-electron chi connectivity index (χ1n) is 11.8. The Balaban J connectivity index is 1.36. The molecule has 0 bridgehead atoms. The van der Waals surface area contributed by atoms with E-state index >= 15 is 0 Å². The fourth-order valence-corrected chi connectivity index (χ4v) is 5.25. The third-order valence-electron chi connectivity index (χ3n) is 7.58. The van der Waals surface area contributed by atoms with E-state index in [0.717, 1.165) is 19.3 Å². The van der Waals surface area contributed by atoms with E-state index in [-0.39, 0.29) is 37.1 Å². The number of fused-ring (bicyclic) bond motifs is 2. The van der Waals surface area contributed by atoms with Gasteiger partial charge in [-0.15, -0.1) is 0 Å². The summed E-state index contributed by atoms with van der Waals surface area (Å²) in [5.41, 5.74) is 5.03. The van der Waals surface area contributed by atoms with Gasteiger partial charge in [-0.3, -0.25) is 19.3 Å². The Morgan fingerprint density at radius 3 is 2.55 bits per heavy atom. The van der Waals surface area contributed by atoms with E-state index in [1.54, 1.807) is 20.9 Å². The van der Waals surface area contributed by atoms with E-state index in [1.165, 1.54) is 44.9 Å². The summed E-state index contributed by atoms with van der Waals surface area (Å²) in [6.45, 7) is 3.53. The van der Waals surface area contributed by atoms with Crippen LogP contribution in [0, 0.1) is 5.92 Å². The van der Waals surface area contributed by atoms with E-state index < -0.39 is 17.4 Å². The summed E-state index contributed by atoms with van der Waals surface area (Å²) >= 11 is 0. The Morgan fingerprint density at radius 1 is 1.15 bits per heavy atom. The van der Waals surface area contributed by atoms with Crippen molar-refractivity contribution in [3.8, 4) is 0 Å². The van der Waals surface area contributed by atoms with Gasteiger partial charge >= 0.3 is 12.0 Å². The van der Waals surface area contributed by atoms with Gasteiger partial charge in [0.25, 0.3) is 5.91 Å². The molecule has 2 aliphatic carbocycles. The molecule has 1 aromatic carbocycles. The highest BCUT2D eigenvalue weighted by atomic mass is 16.4. The van der Waals surface area contributed by atoms with Gasteiger partial charge in [0.2, 0.25) is 0 Å². The molecular formula is C26H32N2O5. The Bertz CT molecular complexity index is 1050. The second-order valence-corrected chi connectivity index (χ2v) is 10.0. The molecule has 0 spiro atoms. The lowest BCUT2D eigenvalue weighted by Gasteiger charge is -2.22. The summed E-state index contributed by atoms with van der Waals surface area (Å²) in [7, 11) is 1.58. The number of carboxylic acid groups (broad SMARTS) is 1. The first kappa shape index (κ1) is 23.2. The highest BCUT2D eigenvalue weighted by molar-refractivity contribution is 6.06. The van der Waals surface area contributed by atoms with Crippen molar-refractivity contribution in [2.24, 2.45) is 5.92 Å². The molecule has 1 aromatic rings. The maximum absolute atomic E-state index is 12.9. The molecule has 1 atom stereocenters. The molecule has 3 aliphatic rings. The van der Waals surface area contributed by atoms with E-state index in [0.29, 0.717) is 12.0 Å². The summed E-state index contributed by atoms with van der Waals surface area (Å²) in [6, 6.07) is 5.41. The van der Waals surface area contributed by atoms with Gasteiger partial charge in [0.1, 0.15) is 5.54 Å². The van der Waals surface area contributed by atoms with E-state index in [9.17, 15) is 24.3 Å². The monoisotopic (exact) mass is 452 g/mol. The number of ketones is 1. The van der Waals surface area contributed by atoms with Crippen LogP contribution in [0.5, 0.6) is 0 Å². The summed E-state index contributed by atoms with van der Waals surface area (Å²) in [5.74, 6) is -2.34.